The van der Waals surface area contributed by atoms with Crippen LogP contribution in [0.2, 0.25) is 0 Å². The second-order valence-electron chi connectivity index (χ2n) is 16.0. The highest BCUT2D eigenvalue weighted by molar-refractivity contribution is 7.26. The summed E-state index contributed by atoms with van der Waals surface area (Å²) in [5, 5.41) is 12.9. The normalized spacial score (nSPS) is 13.3. The number of thiophene rings is 1. The summed E-state index contributed by atoms with van der Waals surface area (Å²) in [7, 11) is 0. The smallest absolute Gasteiger partial charge is 0.0440 e. The lowest BCUT2D eigenvalue weighted by atomic mass is 9.82. The first kappa shape index (κ1) is 31.8. The van der Waals surface area contributed by atoms with Gasteiger partial charge in [0.05, 0.1) is 0 Å². The lowest BCUT2D eigenvalue weighted by Gasteiger charge is -2.21. The van der Waals surface area contributed by atoms with Crippen molar-refractivity contribution >= 4 is 74.6 Å². The van der Waals surface area contributed by atoms with Crippen LogP contribution in [0.4, 0.5) is 0 Å². The Hall–Kier alpha value is -6.54. The average Bonchev–Trinajstić information content (AvgIpc) is 3.73. The monoisotopic (exact) mass is 728 g/mol. The molecule has 0 radical (unpaired) electrons. The highest BCUT2D eigenvalue weighted by Gasteiger charge is 2.37. The van der Waals surface area contributed by atoms with Crippen LogP contribution in [0.5, 0.6) is 0 Å². The summed E-state index contributed by atoms with van der Waals surface area (Å²) < 4.78 is 2.70. The average molecular weight is 729 g/mol. The number of fused-ring (bicyclic) bond motifs is 11. The van der Waals surface area contributed by atoms with Gasteiger partial charge < -0.3 is 0 Å². The van der Waals surface area contributed by atoms with E-state index in [-0.39, 0.29) is 5.41 Å². The van der Waals surface area contributed by atoms with Crippen molar-refractivity contribution in [3.8, 4) is 44.5 Å². The van der Waals surface area contributed by atoms with Crippen LogP contribution in [0, 0.1) is 0 Å². The first-order chi connectivity index (χ1) is 27.5. The summed E-state index contributed by atoms with van der Waals surface area (Å²) in [6.07, 6.45) is 0. The third-order valence-electron chi connectivity index (χ3n) is 12.6. The van der Waals surface area contributed by atoms with E-state index in [0.29, 0.717) is 0 Å². The fourth-order valence-electron chi connectivity index (χ4n) is 10.1. The van der Waals surface area contributed by atoms with E-state index in [1.807, 2.05) is 11.3 Å². The van der Waals surface area contributed by atoms with Crippen LogP contribution < -0.4 is 0 Å². The highest BCUT2D eigenvalue weighted by atomic mass is 32.1. The third-order valence-corrected chi connectivity index (χ3v) is 13.8. The molecule has 1 heteroatoms. The molecule has 1 aromatic heterocycles. The summed E-state index contributed by atoms with van der Waals surface area (Å²) >= 11 is 1.95. The molecule has 0 N–H and O–H groups in total. The van der Waals surface area contributed by atoms with Gasteiger partial charge >= 0.3 is 0 Å². The molecule has 0 bridgehead atoms. The van der Waals surface area contributed by atoms with Gasteiger partial charge in [0.15, 0.2) is 0 Å². The van der Waals surface area contributed by atoms with E-state index in [9.17, 15) is 0 Å². The quantitative estimate of drug-likeness (QED) is 0.159. The molecular formula is C55H36S. The van der Waals surface area contributed by atoms with E-state index < -0.39 is 0 Å². The van der Waals surface area contributed by atoms with E-state index >= 15 is 0 Å². The fraction of sp³-hybridized carbons (Fsp3) is 0.0545. The Morgan fingerprint density at radius 2 is 0.929 bits per heavy atom. The molecule has 0 nitrogen and oxygen atoms in total. The predicted octanol–water partition coefficient (Wildman–Crippen LogP) is 16.0. The van der Waals surface area contributed by atoms with E-state index in [1.165, 1.54) is 119 Å². The molecule has 0 fully saturated rings. The van der Waals surface area contributed by atoms with Crippen LogP contribution in [0.1, 0.15) is 25.0 Å². The van der Waals surface area contributed by atoms with Gasteiger partial charge in [0.2, 0.25) is 0 Å². The molecule has 0 amide bonds. The van der Waals surface area contributed by atoms with Gasteiger partial charge in [-0.1, -0.05) is 172 Å². The molecule has 262 valence electrons. The molecule has 0 saturated carbocycles. The van der Waals surface area contributed by atoms with Crippen molar-refractivity contribution in [2.45, 2.75) is 19.3 Å². The maximum Gasteiger partial charge on any atom is 0.0440 e. The van der Waals surface area contributed by atoms with Gasteiger partial charge in [-0.15, -0.1) is 11.3 Å². The number of benzene rings is 10. The zero-order chi connectivity index (χ0) is 37.1. The minimum absolute atomic E-state index is 0.0439. The van der Waals surface area contributed by atoms with Gasteiger partial charge in [0.1, 0.15) is 0 Å². The molecule has 12 rings (SSSR count). The van der Waals surface area contributed by atoms with E-state index in [4.69, 9.17) is 0 Å². The zero-order valence-electron chi connectivity index (χ0n) is 31.2. The Morgan fingerprint density at radius 3 is 1.64 bits per heavy atom. The molecule has 0 spiro atoms. The largest absolute Gasteiger partial charge is 0.134 e. The Balaban J connectivity index is 1.13. The van der Waals surface area contributed by atoms with E-state index in [0.717, 1.165) is 0 Å². The summed E-state index contributed by atoms with van der Waals surface area (Å²) in [5.74, 6) is 0. The van der Waals surface area contributed by atoms with Crippen LogP contribution in [-0.4, -0.2) is 0 Å². The molecule has 0 unspecified atom stereocenters. The van der Waals surface area contributed by atoms with Crippen LogP contribution in [0.15, 0.2) is 182 Å². The molecule has 1 aliphatic carbocycles. The Morgan fingerprint density at radius 1 is 0.357 bits per heavy atom. The van der Waals surface area contributed by atoms with Gasteiger partial charge in [0, 0.05) is 31.2 Å². The Kier molecular flexibility index (Phi) is 6.66. The molecule has 0 atom stereocenters. The highest BCUT2D eigenvalue weighted by Crippen LogP contribution is 2.55. The van der Waals surface area contributed by atoms with E-state index in [1.54, 1.807) is 0 Å². The maximum absolute atomic E-state index is 2.46. The van der Waals surface area contributed by atoms with Gasteiger partial charge in [-0.05, 0) is 117 Å². The molecule has 0 aliphatic heterocycles. The van der Waals surface area contributed by atoms with Crippen LogP contribution in [-0.2, 0) is 5.41 Å². The summed E-state index contributed by atoms with van der Waals surface area (Å²) in [4.78, 5) is 0. The van der Waals surface area contributed by atoms with Crippen molar-refractivity contribution in [3.63, 3.8) is 0 Å². The molecule has 11 aromatic rings. The second kappa shape index (κ2) is 11.7. The lowest BCUT2D eigenvalue weighted by Crippen LogP contribution is -2.14. The van der Waals surface area contributed by atoms with Gasteiger partial charge in [-0.3, -0.25) is 0 Å². The van der Waals surface area contributed by atoms with Crippen molar-refractivity contribution in [3.05, 3.63) is 193 Å². The maximum atomic E-state index is 2.46. The van der Waals surface area contributed by atoms with Crippen LogP contribution in [0.3, 0.4) is 0 Å². The minimum Gasteiger partial charge on any atom is -0.134 e. The standard InChI is InChI=1S/C55H36S/c1-55(2)46-25-12-11-24-44(46)52-47(55)28-29-48-53(52)45-32-35-16-5-6-19-39(35)51(54(45)56-48)37-18-13-17-36(31-37)49-40-20-7-9-22-42(40)50(43-23-10-8-21-41(43)49)38-27-26-33-14-3-4-15-34(33)30-38/h3-32H,1-2H3. The van der Waals surface area contributed by atoms with Crippen LogP contribution in [0.25, 0.3) is 108 Å². The van der Waals surface area contributed by atoms with Gasteiger partial charge in [-0.2, -0.15) is 0 Å². The summed E-state index contributed by atoms with van der Waals surface area (Å²) in [6.45, 7) is 4.76. The topological polar surface area (TPSA) is 0 Å². The minimum atomic E-state index is -0.0439. The zero-order valence-corrected chi connectivity index (χ0v) is 32.0. The Bertz CT molecular complexity index is 3390. The molecule has 10 aromatic carbocycles. The molecule has 0 saturated heterocycles. The molecule has 1 aliphatic rings. The number of hydrogen-bond acceptors (Lipinski definition) is 1. The summed E-state index contributed by atoms with van der Waals surface area (Å²) in [6, 6.07) is 68.2. The van der Waals surface area contributed by atoms with Crippen molar-refractivity contribution in [2.75, 3.05) is 0 Å². The summed E-state index contributed by atoms with van der Waals surface area (Å²) in [5.41, 5.74) is 13.2. The molecular weight excluding hydrogens is 693 g/mol. The number of hydrogen-bond donors (Lipinski definition) is 0. The van der Waals surface area contributed by atoms with Gasteiger partial charge in [-0.25, -0.2) is 0 Å². The van der Waals surface area contributed by atoms with Crippen molar-refractivity contribution < 1.29 is 0 Å². The first-order valence-electron chi connectivity index (χ1n) is 19.6. The molecule has 56 heavy (non-hydrogen) atoms. The first-order valence-corrected chi connectivity index (χ1v) is 20.4. The van der Waals surface area contributed by atoms with Crippen molar-refractivity contribution in [2.24, 2.45) is 0 Å². The van der Waals surface area contributed by atoms with Crippen LogP contribution >= 0.6 is 11.3 Å². The Labute approximate surface area is 329 Å². The third kappa shape index (κ3) is 4.41. The molecule has 1 heterocycles. The number of rotatable bonds is 3. The van der Waals surface area contributed by atoms with Crippen molar-refractivity contribution in [1.29, 1.82) is 0 Å². The predicted molar refractivity (Wildman–Crippen MR) is 243 cm³/mol. The van der Waals surface area contributed by atoms with E-state index in [2.05, 4.69) is 196 Å². The second-order valence-corrected chi connectivity index (χ2v) is 17.0. The van der Waals surface area contributed by atoms with Gasteiger partial charge in [0.25, 0.3) is 0 Å². The SMILES string of the molecule is CC1(C)c2ccccc2-c2c1ccc1sc3c(-c4cccc(-c5c6ccccc6c(-c6ccc7ccccc7c6)c6ccccc56)c4)c4ccccc4cc3c21. The fourth-order valence-corrected chi connectivity index (χ4v) is 11.3. The lowest BCUT2D eigenvalue weighted by molar-refractivity contribution is 0.661. The van der Waals surface area contributed by atoms with Crippen molar-refractivity contribution in [1.82, 2.24) is 0 Å².